The molecule has 0 spiro atoms. The molecular formula is C19H27N3O2S. The summed E-state index contributed by atoms with van der Waals surface area (Å²) >= 11 is 1.88. The minimum atomic E-state index is -0.0412. The summed E-state index contributed by atoms with van der Waals surface area (Å²) in [4.78, 5) is 28.3. The number of nitrogens with zero attached hydrogens (tertiary/aromatic N) is 2. The molecule has 0 saturated carbocycles. The first kappa shape index (κ1) is 18.1. The molecule has 1 N–H and O–H groups in total. The third kappa shape index (κ3) is 4.29. The predicted molar refractivity (Wildman–Crippen MR) is 104 cm³/mol. The highest BCUT2D eigenvalue weighted by Crippen LogP contribution is 2.28. The van der Waals surface area contributed by atoms with Crippen molar-refractivity contribution in [2.75, 3.05) is 35.3 Å². The molecule has 3 rings (SSSR count). The summed E-state index contributed by atoms with van der Waals surface area (Å²) in [6, 6.07) is 7.79. The maximum absolute atomic E-state index is 12.5. The average molecular weight is 362 g/mol. The second kappa shape index (κ2) is 8.13. The van der Waals surface area contributed by atoms with E-state index in [1.807, 2.05) is 45.8 Å². The highest BCUT2D eigenvalue weighted by Gasteiger charge is 2.29. The molecule has 3 amide bonds. The van der Waals surface area contributed by atoms with Crippen LogP contribution in [0, 0.1) is 5.92 Å². The minimum Gasteiger partial charge on any atom is -0.325 e. The minimum absolute atomic E-state index is 0.0412. The first-order valence-corrected chi connectivity index (χ1v) is 10.4. The number of hydrogen-bond acceptors (Lipinski definition) is 3. The van der Waals surface area contributed by atoms with Gasteiger partial charge in [-0.1, -0.05) is 6.07 Å². The summed E-state index contributed by atoms with van der Waals surface area (Å²) in [5, 5.41) is 3.00. The lowest BCUT2D eigenvalue weighted by Gasteiger charge is -2.31. The van der Waals surface area contributed by atoms with E-state index in [0.29, 0.717) is 6.42 Å². The Labute approximate surface area is 154 Å². The SMILES string of the molecule is CSCC1CCN(C(=O)Nc2cccc(N3C(=O)CC[C@H]3C)c2)CC1. The number of benzene rings is 1. The van der Waals surface area contributed by atoms with Gasteiger partial charge in [-0.05, 0) is 62.3 Å². The van der Waals surface area contributed by atoms with Gasteiger partial charge < -0.3 is 15.1 Å². The van der Waals surface area contributed by atoms with Gasteiger partial charge in [-0.3, -0.25) is 4.79 Å². The molecule has 0 bridgehead atoms. The van der Waals surface area contributed by atoms with Crippen LogP contribution in [0.5, 0.6) is 0 Å². The zero-order valence-corrected chi connectivity index (χ0v) is 15.8. The Kier molecular flexibility index (Phi) is 5.89. The monoisotopic (exact) mass is 361 g/mol. The fourth-order valence-electron chi connectivity index (χ4n) is 3.70. The Balaban J connectivity index is 1.61. The normalized spacial score (nSPS) is 21.7. The van der Waals surface area contributed by atoms with Gasteiger partial charge in [0.2, 0.25) is 5.91 Å². The number of likely N-dealkylation sites (tertiary alicyclic amines) is 1. The van der Waals surface area contributed by atoms with Gasteiger partial charge in [-0.2, -0.15) is 11.8 Å². The number of anilines is 2. The topological polar surface area (TPSA) is 52.7 Å². The van der Waals surface area contributed by atoms with Crippen LogP contribution in [0.2, 0.25) is 0 Å². The number of carbonyl (C=O) groups is 2. The second-order valence-corrected chi connectivity index (χ2v) is 7.93. The molecule has 0 radical (unpaired) electrons. The largest absolute Gasteiger partial charge is 0.325 e. The lowest BCUT2D eigenvalue weighted by Crippen LogP contribution is -2.41. The van der Waals surface area contributed by atoms with E-state index in [-0.39, 0.29) is 18.0 Å². The molecular weight excluding hydrogens is 334 g/mol. The Bertz CT molecular complexity index is 629. The van der Waals surface area contributed by atoms with Crippen molar-refractivity contribution in [1.29, 1.82) is 0 Å². The number of carbonyl (C=O) groups excluding carboxylic acids is 2. The van der Waals surface area contributed by atoms with Crippen LogP contribution in [0.25, 0.3) is 0 Å². The zero-order valence-electron chi connectivity index (χ0n) is 15.0. The number of hydrogen-bond donors (Lipinski definition) is 1. The molecule has 1 atom stereocenters. The number of piperidine rings is 1. The van der Waals surface area contributed by atoms with Gasteiger partial charge in [0.1, 0.15) is 0 Å². The van der Waals surface area contributed by atoms with Crippen LogP contribution < -0.4 is 10.2 Å². The van der Waals surface area contributed by atoms with E-state index in [2.05, 4.69) is 18.5 Å². The van der Waals surface area contributed by atoms with Gasteiger partial charge in [0, 0.05) is 36.9 Å². The molecule has 2 saturated heterocycles. The molecule has 2 aliphatic heterocycles. The van der Waals surface area contributed by atoms with Crippen molar-refractivity contribution in [2.45, 2.75) is 38.6 Å². The van der Waals surface area contributed by atoms with Crippen LogP contribution in [-0.4, -0.2) is 48.0 Å². The average Bonchev–Trinajstić information content (AvgIpc) is 2.94. The van der Waals surface area contributed by atoms with E-state index in [0.717, 1.165) is 49.6 Å². The summed E-state index contributed by atoms with van der Waals surface area (Å²) in [7, 11) is 0. The van der Waals surface area contributed by atoms with Crippen molar-refractivity contribution in [3.8, 4) is 0 Å². The number of amides is 3. The quantitative estimate of drug-likeness (QED) is 0.887. The van der Waals surface area contributed by atoms with Gasteiger partial charge in [0.25, 0.3) is 0 Å². The molecule has 25 heavy (non-hydrogen) atoms. The van der Waals surface area contributed by atoms with E-state index in [1.165, 1.54) is 5.75 Å². The Morgan fingerprint density at radius 3 is 2.68 bits per heavy atom. The molecule has 1 aromatic carbocycles. The van der Waals surface area contributed by atoms with Crippen LogP contribution in [0.4, 0.5) is 16.2 Å². The van der Waals surface area contributed by atoms with Gasteiger partial charge in [-0.15, -0.1) is 0 Å². The first-order chi connectivity index (χ1) is 12.1. The molecule has 0 aromatic heterocycles. The summed E-state index contributed by atoms with van der Waals surface area (Å²) in [5.41, 5.74) is 1.62. The van der Waals surface area contributed by atoms with E-state index >= 15 is 0 Å². The molecule has 136 valence electrons. The first-order valence-electron chi connectivity index (χ1n) is 9.05. The number of urea groups is 1. The highest BCUT2D eigenvalue weighted by molar-refractivity contribution is 7.98. The van der Waals surface area contributed by atoms with Crippen molar-refractivity contribution in [2.24, 2.45) is 5.92 Å². The molecule has 2 fully saturated rings. The maximum Gasteiger partial charge on any atom is 0.321 e. The van der Waals surface area contributed by atoms with E-state index < -0.39 is 0 Å². The maximum atomic E-state index is 12.5. The van der Waals surface area contributed by atoms with E-state index in [9.17, 15) is 9.59 Å². The molecule has 1 aromatic rings. The third-order valence-electron chi connectivity index (χ3n) is 5.17. The lowest BCUT2D eigenvalue weighted by atomic mass is 9.99. The summed E-state index contributed by atoms with van der Waals surface area (Å²) < 4.78 is 0. The van der Waals surface area contributed by atoms with Crippen LogP contribution in [0.1, 0.15) is 32.6 Å². The second-order valence-electron chi connectivity index (χ2n) is 7.02. The number of rotatable bonds is 4. The third-order valence-corrected chi connectivity index (χ3v) is 5.97. The van der Waals surface area contributed by atoms with Crippen LogP contribution in [-0.2, 0) is 4.79 Å². The molecule has 0 unspecified atom stereocenters. The van der Waals surface area contributed by atoms with Crippen LogP contribution >= 0.6 is 11.8 Å². The summed E-state index contributed by atoms with van der Waals surface area (Å²) in [6.07, 6.45) is 5.78. The van der Waals surface area contributed by atoms with Crippen LogP contribution in [0.3, 0.4) is 0 Å². The summed E-state index contributed by atoms with van der Waals surface area (Å²) in [6.45, 7) is 3.70. The van der Waals surface area contributed by atoms with Crippen LogP contribution in [0.15, 0.2) is 24.3 Å². The van der Waals surface area contributed by atoms with Crippen molar-refractivity contribution in [1.82, 2.24) is 4.90 Å². The predicted octanol–water partition coefficient (Wildman–Crippen LogP) is 3.81. The fourth-order valence-corrected chi connectivity index (χ4v) is 4.51. The molecule has 6 heteroatoms. The van der Waals surface area contributed by atoms with Gasteiger partial charge >= 0.3 is 6.03 Å². The standard InChI is InChI=1S/C19H27N3O2S/c1-14-6-7-18(23)22(14)17-5-3-4-16(12-17)20-19(24)21-10-8-15(9-11-21)13-25-2/h3-5,12,14-15H,6-11,13H2,1-2H3,(H,20,24)/t14-/m1/s1. The van der Waals surface area contributed by atoms with E-state index in [4.69, 9.17) is 0 Å². The number of thioether (sulfide) groups is 1. The van der Waals surface area contributed by atoms with Gasteiger partial charge in [0.15, 0.2) is 0 Å². The van der Waals surface area contributed by atoms with Crippen molar-refractivity contribution < 1.29 is 9.59 Å². The van der Waals surface area contributed by atoms with E-state index in [1.54, 1.807) is 0 Å². The molecule has 2 aliphatic rings. The highest BCUT2D eigenvalue weighted by atomic mass is 32.2. The molecule has 5 nitrogen and oxygen atoms in total. The van der Waals surface area contributed by atoms with Gasteiger partial charge in [-0.25, -0.2) is 4.79 Å². The lowest BCUT2D eigenvalue weighted by molar-refractivity contribution is -0.117. The fraction of sp³-hybridized carbons (Fsp3) is 0.579. The molecule has 2 heterocycles. The van der Waals surface area contributed by atoms with Crippen molar-refractivity contribution in [3.63, 3.8) is 0 Å². The summed E-state index contributed by atoms with van der Waals surface area (Å²) in [5.74, 6) is 2.07. The Morgan fingerprint density at radius 1 is 1.28 bits per heavy atom. The van der Waals surface area contributed by atoms with Gasteiger partial charge in [0.05, 0.1) is 0 Å². The number of nitrogens with one attached hydrogen (secondary N) is 1. The van der Waals surface area contributed by atoms with Crippen molar-refractivity contribution in [3.05, 3.63) is 24.3 Å². The smallest absolute Gasteiger partial charge is 0.321 e. The Morgan fingerprint density at radius 2 is 2.04 bits per heavy atom. The molecule has 0 aliphatic carbocycles. The van der Waals surface area contributed by atoms with Crippen molar-refractivity contribution >= 4 is 35.1 Å². The zero-order chi connectivity index (χ0) is 17.8. The Hall–Kier alpha value is -1.69.